The highest BCUT2D eigenvalue weighted by molar-refractivity contribution is 9.10. The van der Waals surface area contributed by atoms with Crippen LogP contribution in [0.3, 0.4) is 0 Å². The molecule has 4 nitrogen and oxygen atoms in total. The van der Waals surface area contributed by atoms with Crippen LogP contribution in [0.4, 0.5) is 5.69 Å². The average Bonchev–Trinajstić information content (AvgIpc) is 2.97. The van der Waals surface area contributed by atoms with Crippen molar-refractivity contribution >= 4 is 33.4 Å². The number of carbonyl (C=O) groups excluding carboxylic acids is 2. The third kappa shape index (κ3) is 4.10. The standard InChI is InChI=1S/C20H21BrN2O2/c1-14-5-4-6-15(13-14)9-11-22-19(24)16-10-12-23(20(16)25)18-8-3-2-7-17(18)21/h2-8,13,16H,9-12H2,1H3,(H,22,24). The van der Waals surface area contributed by atoms with Crippen molar-refractivity contribution in [1.82, 2.24) is 5.32 Å². The lowest BCUT2D eigenvalue weighted by molar-refractivity contribution is -0.132. The summed E-state index contributed by atoms with van der Waals surface area (Å²) in [5, 5.41) is 2.91. The molecule has 1 unspecified atom stereocenters. The Labute approximate surface area is 156 Å². The number of anilines is 1. The minimum absolute atomic E-state index is 0.125. The molecule has 1 aliphatic heterocycles. The van der Waals surface area contributed by atoms with E-state index >= 15 is 0 Å². The molecule has 1 aliphatic rings. The predicted molar refractivity (Wildman–Crippen MR) is 102 cm³/mol. The molecule has 2 amide bonds. The van der Waals surface area contributed by atoms with Crippen molar-refractivity contribution in [1.29, 1.82) is 0 Å². The second kappa shape index (κ2) is 7.83. The number of hydrogen-bond acceptors (Lipinski definition) is 2. The third-order valence-electron chi connectivity index (χ3n) is 4.46. The van der Waals surface area contributed by atoms with E-state index < -0.39 is 5.92 Å². The maximum absolute atomic E-state index is 12.6. The third-order valence-corrected chi connectivity index (χ3v) is 5.13. The molecule has 25 heavy (non-hydrogen) atoms. The first kappa shape index (κ1) is 17.7. The van der Waals surface area contributed by atoms with Crippen LogP contribution in [0.1, 0.15) is 17.5 Å². The van der Waals surface area contributed by atoms with Crippen LogP contribution in [-0.4, -0.2) is 24.9 Å². The van der Waals surface area contributed by atoms with Gasteiger partial charge in [-0.05, 0) is 53.4 Å². The Kier molecular flexibility index (Phi) is 5.53. The van der Waals surface area contributed by atoms with Crippen LogP contribution in [0.25, 0.3) is 0 Å². The fourth-order valence-corrected chi connectivity index (χ4v) is 3.65. The maximum atomic E-state index is 12.6. The summed E-state index contributed by atoms with van der Waals surface area (Å²) in [6.07, 6.45) is 1.32. The zero-order chi connectivity index (χ0) is 17.8. The van der Waals surface area contributed by atoms with Crippen LogP contribution in [-0.2, 0) is 16.0 Å². The fraction of sp³-hybridized carbons (Fsp3) is 0.300. The van der Waals surface area contributed by atoms with Gasteiger partial charge in [0.2, 0.25) is 11.8 Å². The van der Waals surface area contributed by atoms with Gasteiger partial charge in [0, 0.05) is 17.6 Å². The molecule has 1 atom stereocenters. The highest BCUT2D eigenvalue weighted by Crippen LogP contribution is 2.31. The number of rotatable bonds is 5. The molecular formula is C20H21BrN2O2. The lowest BCUT2D eigenvalue weighted by Crippen LogP contribution is -2.37. The lowest BCUT2D eigenvalue weighted by atomic mass is 10.1. The summed E-state index contributed by atoms with van der Waals surface area (Å²) in [7, 11) is 0. The van der Waals surface area contributed by atoms with Crippen molar-refractivity contribution in [2.45, 2.75) is 19.8 Å². The molecule has 5 heteroatoms. The molecule has 130 valence electrons. The highest BCUT2D eigenvalue weighted by atomic mass is 79.9. The van der Waals surface area contributed by atoms with E-state index in [9.17, 15) is 9.59 Å². The second-order valence-electron chi connectivity index (χ2n) is 6.31. The summed E-state index contributed by atoms with van der Waals surface area (Å²) < 4.78 is 0.865. The first-order valence-corrected chi connectivity index (χ1v) is 9.25. The SMILES string of the molecule is Cc1cccc(CCNC(=O)C2CCN(c3ccccc3Br)C2=O)c1. The van der Waals surface area contributed by atoms with E-state index in [0.717, 1.165) is 16.6 Å². The maximum Gasteiger partial charge on any atom is 0.239 e. The summed E-state index contributed by atoms with van der Waals surface area (Å²) in [6.45, 7) is 3.16. The Bertz CT molecular complexity index is 791. The van der Waals surface area contributed by atoms with Crippen LogP contribution in [0.5, 0.6) is 0 Å². The van der Waals surface area contributed by atoms with E-state index in [1.165, 1.54) is 11.1 Å². The van der Waals surface area contributed by atoms with Crippen LogP contribution < -0.4 is 10.2 Å². The Balaban J connectivity index is 1.56. The van der Waals surface area contributed by atoms with Crippen LogP contribution in [0.15, 0.2) is 53.0 Å². The number of nitrogens with one attached hydrogen (secondary N) is 1. The number of carbonyl (C=O) groups is 2. The summed E-state index contributed by atoms with van der Waals surface area (Å²) >= 11 is 3.47. The molecule has 0 spiro atoms. The molecule has 2 aromatic rings. The Morgan fingerprint density at radius 3 is 2.80 bits per heavy atom. The Morgan fingerprint density at radius 1 is 1.24 bits per heavy atom. The molecule has 3 rings (SSSR count). The minimum atomic E-state index is -0.593. The van der Waals surface area contributed by atoms with Gasteiger partial charge in [0.15, 0.2) is 0 Å². The van der Waals surface area contributed by atoms with Gasteiger partial charge in [0.05, 0.1) is 5.69 Å². The van der Waals surface area contributed by atoms with Gasteiger partial charge < -0.3 is 10.2 Å². The molecule has 1 fully saturated rings. The molecule has 0 aliphatic carbocycles. The van der Waals surface area contributed by atoms with Crippen LogP contribution >= 0.6 is 15.9 Å². The largest absolute Gasteiger partial charge is 0.355 e. The quantitative estimate of drug-likeness (QED) is 0.781. The van der Waals surface area contributed by atoms with Crippen molar-refractivity contribution in [3.8, 4) is 0 Å². The molecule has 1 heterocycles. The summed E-state index contributed by atoms with van der Waals surface area (Å²) in [5.74, 6) is -0.892. The monoisotopic (exact) mass is 400 g/mol. The molecule has 0 aromatic heterocycles. The van der Waals surface area contributed by atoms with Crippen molar-refractivity contribution in [2.24, 2.45) is 5.92 Å². The number of para-hydroxylation sites is 1. The summed E-state index contributed by atoms with van der Waals surface area (Å²) in [5.41, 5.74) is 3.22. The Morgan fingerprint density at radius 2 is 2.04 bits per heavy atom. The Hall–Kier alpha value is -2.14. The smallest absolute Gasteiger partial charge is 0.239 e. The number of aryl methyl sites for hydroxylation is 1. The van der Waals surface area contributed by atoms with Gasteiger partial charge in [-0.25, -0.2) is 0 Å². The van der Waals surface area contributed by atoms with Crippen molar-refractivity contribution < 1.29 is 9.59 Å². The van der Waals surface area contributed by atoms with E-state index in [1.807, 2.05) is 30.3 Å². The molecule has 0 bridgehead atoms. The molecule has 1 saturated heterocycles. The number of benzene rings is 2. The number of nitrogens with zero attached hydrogens (tertiary/aromatic N) is 1. The van der Waals surface area contributed by atoms with E-state index in [0.29, 0.717) is 19.5 Å². The van der Waals surface area contributed by atoms with Gasteiger partial charge in [0.1, 0.15) is 5.92 Å². The summed E-state index contributed by atoms with van der Waals surface area (Å²) in [4.78, 5) is 26.7. The second-order valence-corrected chi connectivity index (χ2v) is 7.17. The van der Waals surface area contributed by atoms with E-state index in [4.69, 9.17) is 0 Å². The highest BCUT2D eigenvalue weighted by Gasteiger charge is 2.37. The normalized spacial score (nSPS) is 17.0. The predicted octanol–water partition coefficient (Wildman–Crippen LogP) is 3.47. The van der Waals surface area contributed by atoms with Gasteiger partial charge in [-0.3, -0.25) is 9.59 Å². The van der Waals surface area contributed by atoms with Gasteiger partial charge in [-0.15, -0.1) is 0 Å². The summed E-state index contributed by atoms with van der Waals surface area (Å²) in [6, 6.07) is 15.8. The van der Waals surface area contributed by atoms with Crippen molar-refractivity contribution in [3.05, 3.63) is 64.1 Å². The zero-order valence-electron chi connectivity index (χ0n) is 14.2. The van der Waals surface area contributed by atoms with Crippen LogP contribution in [0.2, 0.25) is 0 Å². The number of hydrogen-bond donors (Lipinski definition) is 1. The van der Waals surface area contributed by atoms with Crippen LogP contribution in [0, 0.1) is 12.8 Å². The van der Waals surface area contributed by atoms with Gasteiger partial charge in [-0.2, -0.15) is 0 Å². The zero-order valence-corrected chi connectivity index (χ0v) is 15.8. The van der Waals surface area contributed by atoms with E-state index in [1.54, 1.807) is 4.90 Å². The first-order valence-electron chi connectivity index (χ1n) is 8.45. The molecule has 0 radical (unpaired) electrons. The van der Waals surface area contributed by atoms with Crippen molar-refractivity contribution in [2.75, 3.05) is 18.0 Å². The van der Waals surface area contributed by atoms with E-state index in [2.05, 4.69) is 46.4 Å². The van der Waals surface area contributed by atoms with Gasteiger partial charge in [0.25, 0.3) is 0 Å². The molecule has 1 N–H and O–H groups in total. The molecule has 2 aromatic carbocycles. The lowest BCUT2D eigenvalue weighted by Gasteiger charge is -2.18. The number of halogens is 1. The minimum Gasteiger partial charge on any atom is -0.355 e. The van der Waals surface area contributed by atoms with Gasteiger partial charge >= 0.3 is 0 Å². The molecule has 0 saturated carbocycles. The molecular weight excluding hydrogens is 380 g/mol. The average molecular weight is 401 g/mol. The fourth-order valence-electron chi connectivity index (χ4n) is 3.15. The van der Waals surface area contributed by atoms with Gasteiger partial charge in [-0.1, -0.05) is 42.0 Å². The topological polar surface area (TPSA) is 49.4 Å². The first-order chi connectivity index (χ1) is 12.1. The van der Waals surface area contributed by atoms with Crippen molar-refractivity contribution in [3.63, 3.8) is 0 Å². The van der Waals surface area contributed by atoms with E-state index in [-0.39, 0.29) is 11.8 Å². The number of amides is 2.